The second-order valence-electron chi connectivity index (χ2n) is 7.53. The number of halogens is 3. The number of likely N-dealkylation sites (tertiary alicyclic amines) is 1. The zero-order valence-electron chi connectivity index (χ0n) is 16.7. The topological polar surface area (TPSA) is 91.6 Å². The maximum absolute atomic E-state index is 13.9. The summed E-state index contributed by atoms with van der Waals surface area (Å²) in [6.07, 6.45) is -1.93. The van der Waals surface area contributed by atoms with Crippen molar-refractivity contribution in [1.29, 1.82) is 0 Å². The third kappa shape index (κ3) is 4.12. The molecule has 11 heteroatoms. The number of carbonyl (C=O) groups is 1. The fraction of sp³-hybridized carbons (Fsp3) is 0.286. The lowest BCUT2D eigenvalue weighted by Gasteiger charge is -2.31. The molecule has 1 amide bonds. The van der Waals surface area contributed by atoms with Crippen molar-refractivity contribution in [3.8, 4) is 0 Å². The Balaban J connectivity index is 1.76. The molecule has 0 spiro atoms. The van der Waals surface area contributed by atoms with Crippen LogP contribution < -0.4 is 5.32 Å². The Labute approximate surface area is 188 Å². The van der Waals surface area contributed by atoms with Crippen LogP contribution in [0.5, 0.6) is 0 Å². The number of nitrogens with zero attached hydrogens (tertiary/aromatic N) is 2. The van der Waals surface area contributed by atoms with Gasteiger partial charge in [0.25, 0.3) is 16.4 Å². The highest BCUT2D eigenvalue weighted by Crippen LogP contribution is 2.37. The predicted molar refractivity (Wildman–Crippen MR) is 117 cm³/mol. The Bertz CT molecular complexity index is 1270. The molecule has 1 aliphatic heterocycles. The minimum Gasteiger partial charge on any atom is -0.465 e. The first-order chi connectivity index (χ1) is 15.2. The van der Waals surface area contributed by atoms with E-state index >= 15 is 0 Å². The van der Waals surface area contributed by atoms with E-state index in [1.807, 2.05) is 0 Å². The van der Waals surface area contributed by atoms with Gasteiger partial charge in [-0.2, -0.15) is 0 Å². The van der Waals surface area contributed by atoms with Crippen molar-refractivity contribution >= 4 is 44.3 Å². The van der Waals surface area contributed by atoms with Gasteiger partial charge in [-0.1, -0.05) is 23.7 Å². The van der Waals surface area contributed by atoms with E-state index < -0.39 is 28.1 Å². The second kappa shape index (κ2) is 8.59. The SMILES string of the molecule is O=C(O)N1CCC(Nc2cccc3c2c(C(F)F)cn3S(=O)(=O)c2cccc(Cl)c2)CC1. The highest BCUT2D eigenvalue weighted by atomic mass is 35.5. The summed E-state index contributed by atoms with van der Waals surface area (Å²) in [6, 6.07) is 10.2. The number of benzene rings is 2. The molecule has 0 atom stereocenters. The van der Waals surface area contributed by atoms with Crippen LogP contribution in [0, 0.1) is 0 Å². The van der Waals surface area contributed by atoms with Gasteiger partial charge in [0, 0.05) is 47.0 Å². The van der Waals surface area contributed by atoms with Crippen LogP contribution in [0.3, 0.4) is 0 Å². The molecule has 0 aliphatic carbocycles. The van der Waals surface area contributed by atoms with E-state index in [0.29, 0.717) is 31.6 Å². The van der Waals surface area contributed by atoms with Gasteiger partial charge in [0.15, 0.2) is 0 Å². The molecule has 1 aromatic heterocycles. The number of hydrogen-bond acceptors (Lipinski definition) is 4. The first-order valence-electron chi connectivity index (χ1n) is 9.86. The van der Waals surface area contributed by atoms with Crippen LogP contribution in [-0.2, 0) is 10.0 Å². The molecule has 170 valence electrons. The van der Waals surface area contributed by atoms with E-state index in [2.05, 4.69) is 5.32 Å². The first-order valence-corrected chi connectivity index (χ1v) is 11.7. The summed E-state index contributed by atoms with van der Waals surface area (Å²) in [5.74, 6) is 0. The fourth-order valence-corrected chi connectivity index (χ4v) is 5.62. The van der Waals surface area contributed by atoms with E-state index in [4.69, 9.17) is 16.7 Å². The summed E-state index contributed by atoms with van der Waals surface area (Å²) in [7, 11) is -4.17. The summed E-state index contributed by atoms with van der Waals surface area (Å²) in [5, 5.41) is 12.6. The second-order valence-corrected chi connectivity index (χ2v) is 9.78. The molecule has 0 saturated carbocycles. The summed E-state index contributed by atoms with van der Waals surface area (Å²) in [4.78, 5) is 12.3. The number of alkyl halides is 2. The van der Waals surface area contributed by atoms with Gasteiger partial charge in [0.2, 0.25) is 0 Å². The van der Waals surface area contributed by atoms with Crippen molar-refractivity contribution in [2.24, 2.45) is 0 Å². The van der Waals surface area contributed by atoms with Crippen molar-refractivity contribution < 1.29 is 27.1 Å². The molecule has 2 heterocycles. The Morgan fingerprint density at radius 2 is 1.84 bits per heavy atom. The van der Waals surface area contributed by atoms with Gasteiger partial charge in [-0.15, -0.1) is 0 Å². The molecule has 1 aliphatic rings. The Hall–Kier alpha value is -2.85. The average Bonchev–Trinajstić information content (AvgIpc) is 3.16. The van der Waals surface area contributed by atoms with Crippen LogP contribution in [0.4, 0.5) is 19.3 Å². The summed E-state index contributed by atoms with van der Waals surface area (Å²) >= 11 is 5.93. The number of aromatic nitrogens is 1. The normalized spacial score (nSPS) is 15.4. The monoisotopic (exact) mass is 483 g/mol. The van der Waals surface area contributed by atoms with Crippen LogP contribution in [-0.4, -0.2) is 47.6 Å². The van der Waals surface area contributed by atoms with Crippen molar-refractivity contribution in [3.05, 3.63) is 59.2 Å². The minimum absolute atomic E-state index is 0.109. The van der Waals surface area contributed by atoms with E-state index in [9.17, 15) is 22.0 Å². The van der Waals surface area contributed by atoms with Crippen LogP contribution in [0.1, 0.15) is 24.8 Å². The Kier molecular flexibility index (Phi) is 6.00. The van der Waals surface area contributed by atoms with Crippen LogP contribution in [0.2, 0.25) is 5.02 Å². The summed E-state index contributed by atoms with van der Waals surface area (Å²) < 4.78 is 55.2. The minimum atomic E-state index is -4.17. The maximum atomic E-state index is 13.9. The third-order valence-corrected chi connectivity index (χ3v) is 7.44. The lowest BCUT2D eigenvalue weighted by atomic mass is 10.0. The Morgan fingerprint density at radius 1 is 1.16 bits per heavy atom. The number of nitrogens with one attached hydrogen (secondary N) is 1. The molecule has 32 heavy (non-hydrogen) atoms. The van der Waals surface area contributed by atoms with E-state index in [0.717, 1.165) is 10.2 Å². The smallest absolute Gasteiger partial charge is 0.407 e. The van der Waals surface area contributed by atoms with Crippen molar-refractivity contribution in [2.45, 2.75) is 30.2 Å². The van der Waals surface area contributed by atoms with Gasteiger partial charge in [-0.05, 0) is 43.2 Å². The zero-order valence-corrected chi connectivity index (χ0v) is 18.3. The van der Waals surface area contributed by atoms with Gasteiger partial charge in [0.1, 0.15) is 0 Å². The van der Waals surface area contributed by atoms with E-state index in [1.165, 1.54) is 35.2 Å². The number of piperidine rings is 1. The molecule has 1 fully saturated rings. The maximum Gasteiger partial charge on any atom is 0.407 e. The number of carboxylic acid groups (broad SMARTS) is 1. The molecule has 3 aromatic rings. The van der Waals surface area contributed by atoms with Gasteiger partial charge in [-0.3, -0.25) is 0 Å². The van der Waals surface area contributed by atoms with E-state index in [-0.39, 0.29) is 26.9 Å². The van der Waals surface area contributed by atoms with Crippen LogP contribution in [0.15, 0.2) is 53.6 Å². The Morgan fingerprint density at radius 3 is 2.47 bits per heavy atom. The molecule has 7 nitrogen and oxygen atoms in total. The van der Waals surface area contributed by atoms with Crippen LogP contribution in [0.25, 0.3) is 10.9 Å². The van der Waals surface area contributed by atoms with Gasteiger partial charge < -0.3 is 15.3 Å². The molecule has 0 radical (unpaired) electrons. The summed E-state index contributed by atoms with van der Waals surface area (Å²) in [6.45, 7) is 0.656. The fourth-order valence-electron chi connectivity index (χ4n) is 3.95. The number of anilines is 1. The van der Waals surface area contributed by atoms with Crippen LogP contribution >= 0.6 is 11.6 Å². The highest BCUT2D eigenvalue weighted by molar-refractivity contribution is 7.90. The lowest BCUT2D eigenvalue weighted by Crippen LogP contribution is -2.41. The molecule has 0 unspecified atom stereocenters. The molecule has 0 bridgehead atoms. The quantitative estimate of drug-likeness (QED) is 0.531. The van der Waals surface area contributed by atoms with Gasteiger partial charge in [0.05, 0.1) is 10.4 Å². The molecular formula is C21H20ClF2N3O4S. The molecule has 2 aromatic carbocycles. The summed E-state index contributed by atoms with van der Waals surface area (Å²) in [5.41, 5.74) is 0.0940. The van der Waals surface area contributed by atoms with Crippen molar-refractivity contribution in [2.75, 3.05) is 18.4 Å². The van der Waals surface area contributed by atoms with Crippen molar-refractivity contribution in [1.82, 2.24) is 8.87 Å². The lowest BCUT2D eigenvalue weighted by molar-refractivity contribution is 0.133. The largest absolute Gasteiger partial charge is 0.465 e. The van der Waals surface area contributed by atoms with Gasteiger partial charge in [-0.25, -0.2) is 26.0 Å². The number of hydrogen-bond donors (Lipinski definition) is 2. The number of rotatable bonds is 5. The highest BCUT2D eigenvalue weighted by Gasteiger charge is 2.28. The third-order valence-electron chi connectivity index (χ3n) is 5.54. The van der Waals surface area contributed by atoms with E-state index in [1.54, 1.807) is 12.1 Å². The molecule has 4 rings (SSSR count). The number of fused-ring (bicyclic) bond motifs is 1. The number of amides is 1. The predicted octanol–water partition coefficient (Wildman–Crippen LogP) is 5.02. The molecule has 1 saturated heterocycles. The molecule has 2 N–H and O–H groups in total. The van der Waals surface area contributed by atoms with Crippen molar-refractivity contribution in [3.63, 3.8) is 0 Å². The molecular weight excluding hydrogens is 464 g/mol. The standard InChI is InChI=1S/C21H20ClF2N3O4S/c22-13-3-1-4-15(11-13)32(30,31)27-12-16(20(23)24)19-17(5-2-6-18(19)27)25-14-7-9-26(10-8-14)21(28)29/h1-6,11-12,14,20,25H,7-10H2,(H,28,29). The van der Waals surface area contributed by atoms with Gasteiger partial charge >= 0.3 is 6.09 Å². The zero-order chi connectivity index (χ0) is 23.0. The first kappa shape index (κ1) is 22.3. The average molecular weight is 484 g/mol.